The van der Waals surface area contributed by atoms with Gasteiger partial charge in [-0.1, -0.05) is 6.07 Å². The quantitative estimate of drug-likeness (QED) is 0.280. The molecule has 0 atom stereocenters. The molecule has 0 saturated heterocycles. The van der Waals surface area contributed by atoms with E-state index in [1.807, 2.05) is 0 Å². The number of allylic oxidation sites excluding steroid dienone is 1. The first-order valence-electron chi connectivity index (χ1n) is 8.41. The summed E-state index contributed by atoms with van der Waals surface area (Å²) < 4.78 is 27.1. The molecule has 4 N–H and O–H groups in total. The van der Waals surface area contributed by atoms with Crippen LogP contribution in [0.4, 0.5) is 5.69 Å². The molecule has 0 aliphatic heterocycles. The van der Waals surface area contributed by atoms with Crippen LogP contribution in [-0.4, -0.2) is 29.5 Å². The zero-order valence-corrected chi connectivity index (χ0v) is 15.8. The van der Waals surface area contributed by atoms with Gasteiger partial charge in [0.05, 0.1) is 4.90 Å². The highest BCUT2D eigenvalue weighted by molar-refractivity contribution is 7.92. The lowest BCUT2D eigenvalue weighted by Gasteiger charge is -2.08. The Morgan fingerprint density at radius 1 is 0.862 bits per heavy atom. The Hall–Kier alpha value is -3.78. The maximum atomic E-state index is 12.3. The molecular weight excluding hydrogens is 394 g/mol. The van der Waals surface area contributed by atoms with Crippen LogP contribution < -0.4 is 4.72 Å². The van der Waals surface area contributed by atoms with E-state index in [1.165, 1.54) is 72.8 Å². The zero-order chi connectivity index (χ0) is 21.0. The third kappa shape index (κ3) is 4.94. The Labute approximate surface area is 167 Å². The van der Waals surface area contributed by atoms with Gasteiger partial charge in [-0.3, -0.25) is 9.52 Å². The van der Waals surface area contributed by atoms with Crippen LogP contribution in [0.5, 0.6) is 17.2 Å². The second kappa shape index (κ2) is 8.07. The summed E-state index contributed by atoms with van der Waals surface area (Å²) in [6.45, 7) is 0. The van der Waals surface area contributed by atoms with E-state index in [0.717, 1.165) is 6.07 Å². The van der Waals surface area contributed by atoms with Gasteiger partial charge in [0.1, 0.15) is 17.2 Å². The standard InChI is InChI=1S/C21H17NO6S/c23-17-2-1-3-19(13-17)29(27,28)22-16-7-4-14(5-8-16)20(25)10-6-15-12-18(24)9-11-21(15)26/h1-13,22-24,26H. The minimum atomic E-state index is -3.88. The molecule has 0 unspecified atom stereocenters. The molecule has 0 aliphatic rings. The number of carbonyl (C=O) groups is 1. The van der Waals surface area contributed by atoms with Crippen LogP contribution >= 0.6 is 0 Å². The van der Waals surface area contributed by atoms with Gasteiger partial charge in [-0.05, 0) is 66.7 Å². The average Bonchev–Trinajstić information content (AvgIpc) is 2.69. The summed E-state index contributed by atoms with van der Waals surface area (Å²) in [5, 5.41) is 28.6. The van der Waals surface area contributed by atoms with Crippen molar-refractivity contribution >= 4 is 27.6 Å². The van der Waals surface area contributed by atoms with E-state index >= 15 is 0 Å². The van der Waals surface area contributed by atoms with Gasteiger partial charge in [0.2, 0.25) is 0 Å². The molecule has 0 amide bonds. The van der Waals surface area contributed by atoms with Gasteiger partial charge in [0, 0.05) is 22.9 Å². The molecular formula is C21H17NO6S. The van der Waals surface area contributed by atoms with Gasteiger partial charge in [0.25, 0.3) is 10.0 Å². The predicted octanol–water partition coefficient (Wildman–Crippen LogP) is 3.50. The summed E-state index contributed by atoms with van der Waals surface area (Å²) in [5.74, 6) is -0.657. The highest BCUT2D eigenvalue weighted by atomic mass is 32.2. The first kappa shape index (κ1) is 20.0. The second-order valence-electron chi connectivity index (χ2n) is 6.12. The lowest BCUT2D eigenvalue weighted by molar-refractivity contribution is 0.104. The van der Waals surface area contributed by atoms with Crippen molar-refractivity contribution in [3.05, 3.63) is 83.9 Å². The molecule has 3 aromatic rings. The van der Waals surface area contributed by atoms with Gasteiger partial charge < -0.3 is 15.3 Å². The molecule has 3 aromatic carbocycles. The van der Waals surface area contributed by atoms with E-state index < -0.39 is 10.0 Å². The number of phenolic OH excluding ortho intramolecular Hbond substituents is 3. The van der Waals surface area contributed by atoms with Crippen LogP contribution in [0.1, 0.15) is 15.9 Å². The molecule has 29 heavy (non-hydrogen) atoms. The van der Waals surface area contributed by atoms with Gasteiger partial charge in [-0.25, -0.2) is 8.42 Å². The molecule has 3 rings (SSSR count). The summed E-state index contributed by atoms with van der Waals surface area (Å²) in [6, 6.07) is 15.0. The number of rotatable bonds is 6. The summed E-state index contributed by atoms with van der Waals surface area (Å²) in [6.07, 6.45) is 2.61. The minimum Gasteiger partial charge on any atom is -0.508 e. The van der Waals surface area contributed by atoms with E-state index in [0.29, 0.717) is 5.56 Å². The van der Waals surface area contributed by atoms with Crippen molar-refractivity contribution in [3.63, 3.8) is 0 Å². The van der Waals surface area contributed by atoms with Gasteiger partial charge in [-0.15, -0.1) is 0 Å². The van der Waals surface area contributed by atoms with Crippen molar-refractivity contribution in [1.29, 1.82) is 0 Å². The lowest BCUT2D eigenvalue weighted by Crippen LogP contribution is -2.12. The van der Waals surface area contributed by atoms with Crippen LogP contribution in [0.15, 0.2) is 77.7 Å². The van der Waals surface area contributed by atoms with Crippen molar-refractivity contribution in [2.24, 2.45) is 0 Å². The molecule has 0 fully saturated rings. The first-order valence-corrected chi connectivity index (χ1v) is 9.89. The summed E-state index contributed by atoms with van der Waals surface area (Å²) >= 11 is 0. The van der Waals surface area contributed by atoms with E-state index in [2.05, 4.69) is 4.72 Å². The molecule has 0 bridgehead atoms. The molecule has 0 radical (unpaired) electrons. The number of hydrogen-bond acceptors (Lipinski definition) is 6. The summed E-state index contributed by atoms with van der Waals surface area (Å²) in [5.41, 5.74) is 0.842. The first-order chi connectivity index (χ1) is 13.7. The molecule has 0 aromatic heterocycles. The highest BCUT2D eigenvalue weighted by Gasteiger charge is 2.15. The normalized spacial score (nSPS) is 11.4. The molecule has 148 valence electrons. The molecule has 0 heterocycles. The Morgan fingerprint density at radius 2 is 1.55 bits per heavy atom. The highest BCUT2D eigenvalue weighted by Crippen LogP contribution is 2.24. The Bertz CT molecular complexity index is 1180. The summed E-state index contributed by atoms with van der Waals surface area (Å²) in [7, 11) is -3.88. The fourth-order valence-electron chi connectivity index (χ4n) is 2.50. The number of nitrogens with one attached hydrogen (secondary N) is 1. The van der Waals surface area contributed by atoms with Crippen LogP contribution in [0.25, 0.3) is 6.08 Å². The maximum absolute atomic E-state index is 12.3. The number of aromatic hydroxyl groups is 3. The Morgan fingerprint density at radius 3 is 2.24 bits per heavy atom. The average molecular weight is 411 g/mol. The second-order valence-corrected chi connectivity index (χ2v) is 7.80. The maximum Gasteiger partial charge on any atom is 0.262 e. The van der Waals surface area contributed by atoms with E-state index in [1.54, 1.807) is 0 Å². The van der Waals surface area contributed by atoms with Crippen molar-refractivity contribution in [3.8, 4) is 17.2 Å². The molecule has 0 aliphatic carbocycles. The van der Waals surface area contributed by atoms with Crippen LogP contribution in [0.3, 0.4) is 0 Å². The third-order valence-corrected chi connectivity index (χ3v) is 5.35. The van der Waals surface area contributed by atoms with E-state index in [-0.39, 0.29) is 39.2 Å². The Kier molecular flexibility index (Phi) is 5.56. The largest absolute Gasteiger partial charge is 0.508 e. The zero-order valence-electron chi connectivity index (χ0n) is 15.0. The lowest BCUT2D eigenvalue weighted by atomic mass is 10.1. The van der Waals surface area contributed by atoms with Gasteiger partial charge in [0.15, 0.2) is 5.78 Å². The van der Waals surface area contributed by atoms with Crippen molar-refractivity contribution in [2.45, 2.75) is 4.90 Å². The Balaban J connectivity index is 1.73. The van der Waals surface area contributed by atoms with Crippen LogP contribution in [-0.2, 0) is 10.0 Å². The molecule has 8 heteroatoms. The number of carbonyl (C=O) groups excluding carboxylic acids is 1. The molecule has 0 saturated carbocycles. The number of benzene rings is 3. The monoisotopic (exact) mass is 411 g/mol. The van der Waals surface area contributed by atoms with E-state index in [9.17, 15) is 28.5 Å². The predicted molar refractivity (Wildman–Crippen MR) is 108 cm³/mol. The number of phenols is 3. The topological polar surface area (TPSA) is 124 Å². The fourth-order valence-corrected chi connectivity index (χ4v) is 3.60. The fraction of sp³-hybridized carbons (Fsp3) is 0. The number of anilines is 1. The van der Waals surface area contributed by atoms with Crippen LogP contribution in [0.2, 0.25) is 0 Å². The summed E-state index contributed by atoms with van der Waals surface area (Å²) in [4.78, 5) is 12.2. The number of ketones is 1. The van der Waals surface area contributed by atoms with E-state index in [4.69, 9.17) is 0 Å². The van der Waals surface area contributed by atoms with Gasteiger partial charge >= 0.3 is 0 Å². The smallest absolute Gasteiger partial charge is 0.262 e. The van der Waals surface area contributed by atoms with Crippen LogP contribution in [0, 0.1) is 0 Å². The van der Waals surface area contributed by atoms with Gasteiger partial charge in [-0.2, -0.15) is 0 Å². The molecule has 7 nitrogen and oxygen atoms in total. The molecule has 0 spiro atoms. The van der Waals surface area contributed by atoms with Crippen molar-refractivity contribution < 1.29 is 28.5 Å². The van der Waals surface area contributed by atoms with Crippen molar-refractivity contribution in [1.82, 2.24) is 0 Å². The number of hydrogen-bond donors (Lipinski definition) is 4. The SMILES string of the molecule is O=C(C=Cc1cc(O)ccc1O)c1ccc(NS(=O)(=O)c2cccc(O)c2)cc1. The van der Waals surface area contributed by atoms with Crippen molar-refractivity contribution in [2.75, 3.05) is 4.72 Å². The minimum absolute atomic E-state index is 0.0433. The number of sulfonamides is 1. The third-order valence-electron chi connectivity index (χ3n) is 3.97.